The van der Waals surface area contributed by atoms with Crippen LogP contribution in [0, 0.1) is 5.92 Å². The van der Waals surface area contributed by atoms with Crippen molar-refractivity contribution in [3.63, 3.8) is 0 Å². The number of ether oxygens (including phenoxy) is 2. The van der Waals surface area contributed by atoms with Gasteiger partial charge in [0.1, 0.15) is 12.1 Å². The minimum absolute atomic E-state index is 0.0830. The Balaban J connectivity index is 1.30. The molecule has 3 N–H and O–H groups in total. The maximum Gasteiger partial charge on any atom is 0.409 e. The molecule has 0 radical (unpaired) electrons. The van der Waals surface area contributed by atoms with Crippen LogP contribution in [0.3, 0.4) is 0 Å². The molecule has 270 valence electrons. The van der Waals surface area contributed by atoms with E-state index in [0.717, 1.165) is 12.8 Å². The summed E-state index contributed by atoms with van der Waals surface area (Å²) in [6.07, 6.45) is 1.40. The molecule has 3 aliphatic rings. The topological polar surface area (TPSA) is 193 Å². The molecule has 3 fully saturated rings. The Morgan fingerprint density at radius 2 is 1.66 bits per heavy atom. The van der Waals surface area contributed by atoms with Crippen molar-refractivity contribution in [2.75, 3.05) is 45.9 Å². The largest absolute Gasteiger partial charge is 0.481 e. The highest BCUT2D eigenvalue weighted by Gasteiger charge is 2.38. The molecule has 5 amide bonds. The maximum absolute atomic E-state index is 13.6. The zero-order chi connectivity index (χ0) is 35.8. The van der Waals surface area contributed by atoms with Gasteiger partial charge in [-0.05, 0) is 64.0 Å². The third-order valence-corrected chi connectivity index (χ3v) is 9.02. The molecule has 2 aromatic rings. The molecule has 1 aromatic heterocycles. The number of rotatable bonds is 14. The van der Waals surface area contributed by atoms with E-state index in [-0.39, 0.29) is 69.0 Å². The number of nitrogens with one attached hydrogen (secondary N) is 2. The predicted molar refractivity (Wildman–Crippen MR) is 177 cm³/mol. The van der Waals surface area contributed by atoms with Gasteiger partial charge in [-0.3, -0.25) is 24.0 Å². The summed E-state index contributed by atoms with van der Waals surface area (Å²) in [5.41, 5.74) is 0.417. The van der Waals surface area contributed by atoms with E-state index in [1.54, 1.807) is 44.2 Å². The van der Waals surface area contributed by atoms with Crippen LogP contribution in [-0.2, 0) is 23.9 Å². The minimum atomic E-state index is -1.18. The Morgan fingerprint density at radius 3 is 2.32 bits per heavy atom. The average Bonchev–Trinajstić information content (AvgIpc) is 3.65. The van der Waals surface area contributed by atoms with Crippen LogP contribution in [0.4, 0.5) is 4.79 Å². The first-order valence-corrected chi connectivity index (χ1v) is 17.2. The van der Waals surface area contributed by atoms with E-state index >= 15 is 0 Å². The van der Waals surface area contributed by atoms with Crippen molar-refractivity contribution < 1.29 is 43.3 Å². The second-order valence-corrected chi connectivity index (χ2v) is 12.7. The van der Waals surface area contributed by atoms with Gasteiger partial charge in [0, 0.05) is 51.8 Å². The van der Waals surface area contributed by atoms with Crippen molar-refractivity contribution in [3.05, 3.63) is 42.1 Å². The van der Waals surface area contributed by atoms with Gasteiger partial charge < -0.3 is 39.9 Å². The molecule has 1 aliphatic carbocycles. The Hall–Kier alpha value is -5.15. The van der Waals surface area contributed by atoms with Crippen molar-refractivity contribution in [2.24, 2.45) is 5.92 Å². The van der Waals surface area contributed by atoms with Gasteiger partial charge in [-0.25, -0.2) is 9.48 Å². The number of carbonyl (C=O) groups excluding carboxylic acids is 5. The minimum Gasteiger partial charge on any atom is -0.481 e. The Morgan fingerprint density at radius 1 is 0.960 bits per heavy atom. The van der Waals surface area contributed by atoms with E-state index in [2.05, 4.69) is 15.7 Å². The quantitative estimate of drug-likeness (QED) is 0.260. The van der Waals surface area contributed by atoms with Crippen LogP contribution in [0.25, 0.3) is 5.69 Å². The highest BCUT2D eigenvalue weighted by atomic mass is 16.6. The standard InChI is InChI=1S/C34H45N7O9/c1-3-49-34(48)39-18-16-38(17-19-39)33(47)25(13-14-29(42)43)36-30(44)26-20-28(41(37-26)24-8-5-4-6-9-24)50-22(2)32(46)40-15-7-10-27(40)31(45)35-21-23-11-12-23/h4-6,8-9,20,22-23,25,27H,3,7,10-19,21H2,1-2H3,(H,35,45)(H,36,44)(H,42,43)/t22-,25?,27?/m0/s1. The van der Waals surface area contributed by atoms with Gasteiger partial charge in [0.25, 0.3) is 11.8 Å². The van der Waals surface area contributed by atoms with Gasteiger partial charge in [-0.1, -0.05) is 18.2 Å². The molecule has 1 aromatic carbocycles. The molecule has 16 heteroatoms. The first kappa shape index (κ1) is 36.1. The zero-order valence-electron chi connectivity index (χ0n) is 28.4. The van der Waals surface area contributed by atoms with E-state index in [4.69, 9.17) is 9.47 Å². The van der Waals surface area contributed by atoms with Gasteiger partial charge in [0.2, 0.25) is 17.7 Å². The number of carboxylic acid groups (broad SMARTS) is 1. The molecule has 3 heterocycles. The molecule has 3 atom stereocenters. The molecule has 50 heavy (non-hydrogen) atoms. The molecule has 2 unspecified atom stereocenters. The summed E-state index contributed by atoms with van der Waals surface area (Å²) >= 11 is 0. The lowest BCUT2D eigenvalue weighted by Gasteiger charge is -2.35. The monoisotopic (exact) mass is 695 g/mol. The lowest BCUT2D eigenvalue weighted by molar-refractivity contribution is -0.143. The smallest absolute Gasteiger partial charge is 0.409 e. The molecular formula is C34H45N7O9. The van der Waals surface area contributed by atoms with Gasteiger partial charge in [-0.15, -0.1) is 0 Å². The normalized spacial score (nSPS) is 18.6. The number of benzene rings is 1. The van der Waals surface area contributed by atoms with Crippen molar-refractivity contribution in [1.82, 2.24) is 35.1 Å². The highest BCUT2D eigenvalue weighted by Crippen LogP contribution is 2.28. The van der Waals surface area contributed by atoms with Crippen molar-refractivity contribution in [1.29, 1.82) is 0 Å². The Labute approximate surface area is 290 Å². The number of carbonyl (C=O) groups is 6. The second-order valence-electron chi connectivity index (χ2n) is 12.7. The summed E-state index contributed by atoms with van der Waals surface area (Å²) in [5.74, 6) is -2.31. The van der Waals surface area contributed by atoms with Crippen LogP contribution in [0.2, 0.25) is 0 Å². The van der Waals surface area contributed by atoms with E-state index in [0.29, 0.717) is 37.5 Å². The summed E-state index contributed by atoms with van der Waals surface area (Å²) in [6.45, 7) is 5.36. The average molecular weight is 696 g/mol. The van der Waals surface area contributed by atoms with Crippen LogP contribution in [0.15, 0.2) is 36.4 Å². The molecule has 2 aliphatic heterocycles. The zero-order valence-corrected chi connectivity index (χ0v) is 28.4. The van der Waals surface area contributed by atoms with Gasteiger partial charge in [-0.2, -0.15) is 5.10 Å². The predicted octanol–water partition coefficient (Wildman–Crippen LogP) is 1.42. The third kappa shape index (κ3) is 9.09. The van der Waals surface area contributed by atoms with Gasteiger partial charge >= 0.3 is 12.1 Å². The third-order valence-electron chi connectivity index (χ3n) is 9.02. The van der Waals surface area contributed by atoms with Gasteiger partial charge in [0.05, 0.1) is 12.3 Å². The van der Waals surface area contributed by atoms with E-state index in [1.165, 1.54) is 25.4 Å². The number of piperazine rings is 1. The van der Waals surface area contributed by atoms with Crippen LogP contribution >= 0.6 is 0 Å². The Kier molecular flexibility index (Phi) is 11.9. The number of aliphatic carboxylic acids is 1. The summed E-state index contributed by atoms with van der Waals surface area (Å²) < 4.78 is 12.5. The summed E-state index contributed by atoms with van der Waals surface area (Å²) in [7, 11) is 0. The first-order valence-electron chi connectivity index (χ1n) is 17.2. The number of aromatic nitrogens is 2. The summed E-state index contributed by atoms with van der Waals surface area (Å²) in [4.78, 5) is 81.6. The number of para-hydroxylation sites is 1. The van der Waals surface area contributed by atoms with Crippen LogP contribution in [0.5, 0.6) is 5.88 Å². The molecule has 0 spiro atoms. The number of nitrogens with zero attached hydrogens (tertiary/aromatic N) is 5. The van der Waals surface area contributed by atoms with Crippen molar-refractivity contribution in [3.8, 4) is 11.6 Å². The lowest BCUT2D eigenvalue weighted by atomic mass is 10.1. The van der Waals surface area contributed by atoms with E-state index in [9.17, 15) is 33.9 Å². The number of hydrogen-bond acceptors (Lipinski definition) is 9. The fourth-order valence-electron chi connectivity index (χ4n) is 6.07. The first-order chi connectivity index (χ1) is 24.0. The SMILES string of the molecule is CCOC(=O)N1CCN(C(=O)C(CCC(=O)O)NC(=O)c2cc(O[C@@H](C)C(=O)N3CCCC3C(=O)NCC3CC3)n(-c3ccccc3)n2)CC1. The van der Waals surface area contributed by atoms with Crippen molar-refractivity contribution in [2.45, 2.75) is 70.6 Å². The van der Waals surface area contributed by atoms with Crippen LogP contribution in [-0.4, -0.2) is 129 Å². The summed E-state index contributed by atoms with van der Waals surface area (Å²) in [6, 6.07) is 8.42. The van der Waals surface area contributed by atoms with Crippen LogP contribution in [0.1, 0.15) is 62.9 Å². The number of amides is 5. The van der Waals surface area contributed by atoms with Gasteiger partial charge in [0.15, 0.2) is 11.8 Å². The highest BCUT2D eigenvalue weighted by molar-refractivity contribution is 5.96. The number of carboxylic acids is 1. The molecule has 1 saturated carbocycles. The molecule has 2 saturated heterocycles. The van der Waals surface area contributed by atoms with Crippen LogP contribution < -0.4 is 15.4 Å². The molecular weight excluding hydrogens is 650 g/mol. The van der Waals surface area contributed by atoms with Crippen molar-refractivity contribution >= 4 is 35.7 Å². The maximum atomic E-state index is 13.6. The number of hydrogen-bond donors (Lipinski definition) is 3. The molecule has 16 nitrogen and oxygen atoms in total. The second kappa shape index (κ2) is 16.5. The fraction of sp³-hybridized carbons (Fsp3) is 0.559. The van der Waals surface area contributed by atoms with E-state index in [1.807, 2.05) is 0 Å². The summed E-state index contributed by atoms with van der Waals surface area (Å²) in [5, 5.41) is 19.4. The fourth-order valence-corrected chi connectivity index (χ4v) is 6.07. The molecule has 5 rings (SSSR count). The lowest BCUT2D eigenvalue weighted by Crippen LogP contribution is -2.56. The molecule has 0 bridgehead atoms. The number of likely N-dealkylation sites (tertiary alicyclic amines) is 1. The Bertz CT molecular complexity index is 1550. The van der Waals surface area contributed by atoms with E-state index < -0.39 is 42.1 Å².